The van der Waals surface area contributed by atoms with Crippen LogP contribution in [0.3, 0.4) is 0 Å². The molecule has 0 saturated carbocycles. The molecule has 0 saturated heterocycles. The lowest BCUT2D eigenvalue weighted by atomic mass is 10.1. The smallest absolute Gasteiger partial charge is 0.234 e. The van der Waals surface area contributed by atoms with Crippen LogP contribution in [0.25, 0.3) is 0 Å². The molecule has 0 aromatic heterocycles. The highest BCUT2D eigenvalue weighted by Crippen LogP contribution is 2.33. The summed E-state index contributed by atoms with van der Waals surface area (Å²) in [5, 5.41) is 0. The first kappa shape index (κ1) is 11.3. The van der Waals surface area contributed by atoms with Crippen molar-refractivity contribution in [2.24, 2.45) is 11.7 Å². The van der Waals surface area contributed by atoms with Gasteiger partial charge in [-0.25, -0.2) is 0 Å². The number of hydrogen-bond donors (Lipinski definition) is 1. The predicted octanol–water partition coefficient (Wildman–Crippen LogP) is 1.32. The number of benzene rings is 1. The number of para-hydroxylation sites is 2. The van der Waals surface area contributed by atoms with Crippen molar-refractivity contribution in [1.82, 2.24) is 0 Å². The lowest BCUT2D eigenvalue weighted by Crippen LogP contribution is -2.41. The Bertz CT molecular complexity index is 498. The third-order valence-electron chi connectivity index (χ3n) is 3.43. The zero-order valence-corrected chi connectivity index (χ0v) is 10.1. The molecule has 2 unspecified atom stereocenters. The van der Waals surface area contributed by atoms with Gasteiger partial charge in [0.2, 0.25) is 5.91 Å². The summed E-state index contributed by atoms with van der Waals surface area (Å²) in [5.41, 5.74) is 6.67. The summed E-state index contributed by atoms with van der Waals surface area (Å²) in [6.07, 6.45) is 4.54. The zero-order chi connectivity index (χ0) is 12.5. The highest BCUT2D eigenvalue weighted by Gasteiger charge is 2.30. The first-order valence-corrected chi connectivity index (χ1v) is 6.23. The van der Waals surface area contributed by atoms with Crippen LogP contribution in [0.1, 0.15) is 6.42 Å². The van der Waals surface area contributed by atoms with Crippen molar-refractivity contribution in [1.29, 1.82) is 0 Å². The van der Waals surface area contributed by atoms with Crippen LogP contribution in [-0.2, 0) is 4.79 Å². The molecular formula is C14H16N2O2. The average molecular weight is 244 g/mol. The minimum absolute atomic E-state index is 0.00948. The van der Waals surface area contributed by atoms with Crippen molar-refractivity contribution >= 4 is 11.6 Å². The Morgan fingerprint density at radius 1 is 1.33 bits per heavy atom. The molecule has 4 nitrogen and oxygen atoms in total. The summed E-state index contributed by atoms with van der Waals surface area (Å²) in [6, 6.07) is 7.66. The van der Waals surface area contributed by atoms with Crippen molar-refractivity contribution in [3.05, 3.63) is 36.4 Å². The monoisotopic (exact) mass is 244 g/mol. The number of amides is 1. The number of hydrogen-bond acceptors (Lipinski definition) is 3. The van der Waals surface area contributed by atoms with Crippen molar-refractivity contribution in [2.75, 3.05) is 18.1 Å². The van der Waals surface area contributed by atoms with Gasteiger partial charge in [0.15, 0.2) is 0 Å². The van der Waals surface area contributed by atoms with Crippen LogP contribution in [0.4, 0.5) is 5.69 Å². The highest BCUT2D eigenvalue weighted by molar-refractivity contribution is 5.98. The van der Waals surface area contributed by atoms with E-state index in [1.807, 2.05) is 41.3 Å². The van der Waals surface area contributed by atoms with Crippen LogP contribution in [0.15, 0.2) is 36.4 Å². The summed E-state index contributed by atoms with van der Waals surface area (Å²) in [5.74, 6) is 0.810. The molecule has 0 radical (unpaired) electrons. The molecule has 18 heavy (non-hydrogen) atoms. The van der Waals surface area contributed by atoms with E-state index in [0.717, 1.165) is 11.4 Å². The molecule has 0 fully saturated rings. The Labute approximate surface area is 106 Å². The number of nitrogens with two attached hydrogens (primary N) is 1. The predicted molar refractivity (Wildman–Crippen MR) is 69.5 cm³/mol. The second-order valence-electron chi connectivity index (χ2n) is 4.70. The minimum atomic E-state index is -0.0915. The lowest BCUT2D eigenvalue weighted by Gasteiger charge is -2.31. The third kappa shape index (κ3) is 1.88. The second kappa shape index (κ2) is 4.46. The van der Waals surface area contributed by atoms with E-state index in [9.17, 15) is 4.79 Å². The van der Waals surface area contributed by atoms with Crippen LogP contribution in [0.2, 0.25) is 0 Å². The topological polar surface area (TPSA) is 55.6 Å². The van der Waals surface area contributed by atoms with Gasteiger partial charge in [0, 0.05) is 6.04 Å². The molecule has 94 valence electrons. The van der Waals surface area contributed by atoms with Crippen molar-refractivity contribution < 1.29 is 9.53 Å². The number of carbonyl (C=O) groups excluding carboxylic acids is 1. The molecule has 1 amide bonds. The molecule has 4 heteroatoms. The Kier molecular flexibility index (Phi) is 2.80. The molecule has 3 rings (SSSR count). The SMILES string of the molecule is NC1C=CC(C(=O)N2CCOc3ccccc32)C1. The van der Waals surface area contributed by atoms with Crippen LogP contribution in [0, 0.1) is 5.92 Å². The van der Waals surface area contributed by atoms with E-state index in [-0.39, 0.29) is 17.9 Å². The summed E-state index contributed by atoms with van der Waals surface area (Å²) in [7, 11) is 0. The van der Waals surface area contributed by atoms with Crippen molar-refractivity contribution in [2.45, 2.75) is 12.5 Å². The van der Waals surface area contributed by atoms with Crippen LogP contribution in [-0.4, -0.2) is 25.1 Å². The zero-order valence-electron chi connectivity index (χ0n) is 10.1. The fourth-order valence-electron chi connectivity index (χ4n) is 2.51. The van der Waals surface area contributed by atoms with Crippen LogP contribution >= 0.6 is 0 Å². The molecule has 0 spiro atoms. The van der Waals surface area contributed by atoms with Gasteiger partial charge in [-0.05, 0) is 18.6 Å². The van der Waals surface area contributed by atoms with Gasteiger partial charge in [0.1, 0.15) is 12.4 Å². The number of fused-ring (bicyclic) bond motifs is 1. The first-order valence-electron chi connectivity index (χ1n) is 6.23. The average Bonchev–Trinajstić information content (AvgIpc) is 2.84. The molecule has 2 atom stereocenters. The van der Waals surface area contributed by atoms with E-state index < -0.39 is 0 Å². The van der Waals surface area contributed by atoms with E-state index in [2.05, 4.69) is 0 Å². The van der Waals surface area contributed by atoms with E-state index >= 15 is 0 Å². The number of ether oxygens (including phenoxy) is 1. The highest BCUT2D eigenvalue weighted by atomic mass is 16.5. The van der Waals surface area contributed by atoms with Gasteiger partial charge in [-0.15, -0.1) is 0 Å². The molecule has 2 aliphatic rings. The van der Waals surface area contributed by atoms with Crippen molar-refractivity contribution in [3.8, 4) is 5.75 Å². The maximum atomic E-state index is 12.5. The fraction of sp³-hybridized carbons (Fsp3) is 0.357. The molecular weight excluding hydrogens is 228 g/mol. The molecule has 1 aliphatic heterocycles. The molecule has 1 heterocycles. The Morgan fingerprint density at radius 3 is 2.94 bits per heavy atom. The van der Waals surface area contributed by atoms with Crippen LogP contribution in [0.5, 0.6) is 5.75 Å². The standard InChI is InChI=1S/C14H16N2O2/c15-11-6-5-10(9-11)14(17)16-7-8-18-13-4-2-1-3-12(13)16/h1-6,10-11H,7-9,15H2. The Hall–Kier alpha value is -1.81. The maximum absolute atomic E-state index is 12.5. The quantitative estimate of drug-likeness (QED) is 0.758. The summed E-state index contributed by atoms with van der Waals surface area (Å²) in [6.45, 7) is 1.15. The molecule has 2 N–H and O–H groups in total. The van der Waals surface area contributed by atoms with E-state index in [4.69, 9.17) is 10.5 Å². The van der Waals surface area contributed by atoms with Crippen LogP contribution < -0.4 is 15.4 Å². The number of rotatable bonds is 1. The summed E-state index contributed by atoms with van der Waals surface area (Å²) >= 11 is 0. The van der Waals surface area contributed by atoms with Gasteiger partial charge in [-0.2, -0.15) is 0 Å². The third-order valence-corrected chi connectivity index (χ3v) is 3.43. The first-order chi connectivity index (χ1) is 8.75. The van der Waals surface area contributed by atoms with Gasteiger partial charge < -0.3 is 15.4 Å². The van der Waals surface area contributed by atoms with E-state index in [0.29, 0.717) is 19.6 Å². The molecule has 1 aromatic carbocycles. The van der Waals surface area contributed by atoms with E-state index in [1.54, 1.807) is 0 Å². The molecule has 1 aromatic rings. The normalized spacial score (nSPS) is 25.7. The summed E-state index contributed by atoms with van der Waals surface area (Å²) < 4.78 is 5.55. The number of nitrogens with zero attached hydrogens (tertiary/aromatic N) is 1. The van der Waals surface area contributed by atoms with Gasteiger partial charge in [-0.1, -0.05) is 24.3 Å². The van der Waals surface area contributed by atoms with Gasteiger partial charge in [0.05, 0.1) is 18.2 Å². The summed E-state index contributed by atoms with van der Waals surface area (Å²) in [4.78, 5) is 14.3. The van der Waals surface area contributed by atoms with E-state index in [1.165, 1.54) is 0 Å². The maximum Gasteiger partial charge on any atom is 0.234 e. The molecule has 0 bridgehead atoms. The fourth-order valence-corrected chi connectivity index (χ4v) is 2.51. The van der Waals surface area contributed by atoms with Gasteiger partial charge in [-0.3, -0.25) is 4.79 Å². The molecule has 1 aliphatic carbocycles. The Morgan fingerprint density at radius 2 is 2.17 bits per heavy atom. The van der Waals surface area contributed by atoms with Gasteiger partial charge >= 0.3 is 0 Å². The largest absolute Gasteiger partial charge is 0.490 e. The Balaban J connectivity index is 1.86. The van der Waals surface area contributed by atoms with Gasteiger partial charge in [0.25, 0.3) is 0 Å². The minimum Gasteiger partial charge on any atom is -0.490 e. The van der Waals surface area contributed by atoms with Crippen molar-refractivity contribution in [3.63, 3.8) is 0 Å². The second-order valence-corrected chi connectivity index (χ2v) is 4.70. The lowest BCUT2D eigenvalue weighted by molar-refractivity contribution is -0.121. The number of anilines is 1. The number of carbonyl (C=O) groups is 1.